The van der Waals surface area contributed by atoms with E-state index in [0.717, 1.165) is 0 Å². The van der Waals surface area contributed by atoms with Gasteiger partial charge in [-0.3, -0.25) is 0 Å². The van der Waals surface area contributed by atoms with Gasteiger partial charge >= 0.3 is 38.4 Å². The number of carboxylic acid groups (broad SMARTS) is 2. The molecule has 0 aromatic rings. The molecule has 0 atom stereocenters. The molecule has 6 nitrogen and oxygen atoms in total. The van der Waals surface area contributed by atoms with E-state index in [2.05, 4.69) is 0 Å². The summed E-state index contributed by atoms with van der Waals surface area (Å²) in [6.45, 7) is 0. The molecule has 0 saturated heterocycles. The van der Waals surface area contributed by atoms with Gasteiger partial charge in [-0.15, -0.1) is 0 Å². The fourth-order valence-corrected chi connectivity index (χ4v) is 0. The summed E-state index contributed by atoms with van der Waals surface area (Å²) in [5.74, 6) is 0. The summed E-state index contributed by atoms with van der Waals surface area (Å²) in [5.41, 5.74) is 0. The first-order valence-electron chi connectivity index (χ1n) is 1.06. The zero-order valence-corrected chi connectivity index (χ0v) is 11.8. The quantitative estimate of drug-likeness (QED) is 0.368. The van der Waals surface area contributed by atoms with Crippen LogP contribution in [-0.4, -0.2) is 16.4 Å². The minimum atomic E-state index is -2.51. The molecule has 0 aromatic heterocycles. The second-order valence-corrected chi connectivity index (χ2v) is 1.06. The Morgan fingerprint density at radius 1 is 1.22 bits per heavy atom. The molecule has 0 rings (SSSR count). The SMILES string of the molecule is N.O=C(O)O.[O]=[U]=[O].[Pu]. The molecule has 0 amide bonds. The standard InChI is InChI=1S/CH2O3.H3N.2O.Pu.U/c2-1(3)4;;;;;/h(H2,2,3,4);1H3;;;;. The summed E-state index contributed by atoms with van der Waals surface area (Å²) in [4.78, 5) is 8.56. The molecule has 0 aliphatic heterocycles. The van der Waals surface area contributed by atoms with Crippen LogP contribution >= 0.6 is 0 Å². The molecule has 0 bridgehead atoms. The third-order valence-corrected chi connectivity index (χ3v) is 0. The Morgan fingerprint density at radius 2 is 1.22 bits per heavy atom. The molecule has 0 saturated carbocycles. The van der Waals surface area contributed by atoms with E-state index in [1.54, 1.807) is 0 Å². The van der Waals surface area contributed by atoms with E-state index in [4.69, 9.17) is 19.5 Å². The Bertz CT molecular complexity index is 85.0. The van der Waals surface area contributed by atoms with Gasteiger partial charge in [-0.05, 0) is 0 Å². The van der Waals surface area contributed by atoms with Crippen molar-refractivity contribution >= 4 is 6.16 Å². The van der Waals surface area contributed by atoms with Crippen LogP contribution in [0.4, 0.5) is 4.79 Å². The number of hydrogen-bond donors (Lipinski definition) is 3. The largest absolute Gasteiger partial charge is 0 e. The Labute approximate surface area is 87.7 Å². The van der Waals surface area contributed by atoms with Crippen molar-refractivity contribution < 1.29 is 76.5 Å². The van der Waals surface area contributed by atoms with Crippen molar-refractivity contribution in [3.63, 3.8) is 0 Å². The Morgan fingerprint density at radius 3 is 1.22 bits per heavy atom. The summed E-state index contributed by atoms with van der Waals surface area (Å²) in [6.07, 6.45) is -1.83. The third kappa shape index (κ3) is 554. The Kier molecular flexibility index (Phi) is 58.0. The molecule has 0 unspecified atom stereocenters. The Hall–Kier alpha value is 0.869. The molecule has 0 heterocycles. The van der Waals surface area contributed by atoms with E-state index >= 15 is 0 Å². The van der Waals surface area contributed by atoms with E-state index < -0.39 is 34.0 Å². The maximum atomic E-state index is 8.58. The average molecular weight is 593 g/mol. The summed E-state index contributed by atoms with van der Waals surface area (Å²) in [5, 5.41) is 13.9. The fraction of sp³-hybridized carbons (Fsp3) is 0. The number of rotatable bonds is 0. The predicted octanol–water partition coefficient (Wildman–Crippen LogP) is 0.147. The van der Waals surface area contributed by atoms with E-state index in [1.165, 1.54) is 0 Å². The van der Waals surface area contributed by atoms with Crippen molar-refractivity contribution in [2.75, 3.05) is 0 Å². The van der Waals surface area contributed by atoms with Gasteiger partial charge in [0.2, 0.25) is 0 Å². The second kappa shape index (κ2) is 23.2. The number of hydrogen-bond acceptors (Lipinski definition) is 4. The molecule has 0 aliphatic rings. The molecule has 9 heavy (non-hydrogen) atoms. The van der Waals surface area contributed by atoms with Gasteiger partial charge in [-0.25, -0.2) is 4.79 Å². The van der Waals surface area contributed by atoms with Gasteiger partial charge in [0.15, 0.2) is 0 Å². The first-order chi connectivity index (χ1) is 3.15. The van der Waals surface area contributed by atoms with Gasteiger partial charge in [-0.2, -0.15) is 0 Å². The van der Waals surface area contributed by atoms with Crippen molar-refractivity contribution in [1.29, 1.82) is 0 Å². The molecule has 5 N–H and O–H groups in total. The smallest absolute Gasteiger partial charge is 0 e. The molecule has 54 valence electrons. The van der Waals surface area contributed by atoms with Crippen LogP contribution in [0.2, 0.25) is 0 Å². The van der Waals surface area contributed by atoms with E-state index in [9.17, 15) is 0 Å². The van der Waals surface area contributed by atoms with Crippen LogP contribution in [0, 0.1) is 57.0 Å². The zero-order chi connectivity index (χ0) is 6.28. The van der Waals surface area contributed by atoms with Crippen LogP contribution in [0.1, 0.15) is 0 Å². The van der Waals surface area contributed by atoms with E-state index in [0.29, 0.717) is 0 Å². The van der Waals surface area contributed by atoms with Crippen molar-refractivity contribution in [2.24, 2.45) is 0 Å². The topological polar surface area (TPSA) is 127 Å². The zero-order valence-electron chi connectivity index (χ0n) is 4.23. The predicted molar refractivity (Wildman–Crippen MR) is 17.0 cm³/mol. The molecule has 0 fully saturated rings. The summed E-state index contributed by atoms with van der Waals surface area (Å²) in [6, 6.07) is 0. The first-order valence-corrected chi connectivity index (χ1v) is 4.46. The first kappa shape index (κ1) is 22.5. The Balaban J connectivity index is -0.0000000233. The fourth-order valence-electron chi connectivity index (χ4n) is 0. The molecule has 0 radical (unpaired) electrons. The summed E-state index contributed by atoms with van der Waals surface area (Å²) in [7, 11) is 0. The molecule has 0 aromatic carbocycles. The summed E-state index contributed by atoms with van der Waals surface area (Å²) >= 11 is -2.51. The van der Waals surface area contributed by atoms with Gasteiger partial charge in [0.05, 0.1) is 0 Å². The minimum Gasteiger partial charge on any atom is 0 e. The molecular formula is CH5NO5PuU. The van der Waals surface area contributed by atoms with Gasteiger partial charge in [0.1, 0.15) is 0 Å². The van der Waals surface area contributed by atoms with Gasteiger partial charge < -0.3 is 16.4 Å². The van der Waals surface area contributed by atoms with Crippen LogP contribution in [-0.2, 0) is 4.47 Å². The van der Waals surface area contributed by atoms with E-state index in [1.807, 2.05) is 0 Å². The molecular weight excluding hydrogens is 588 g/mol. The van der Waals surface area contributed by atoms with Crippen molar-refractivity contribution in [3.8, 4) is 0 Å². The van der Waals surface area contributed by atoms with Crippen molar-refractivity contribution in [1.82, 2.24) is 6.15 Å². The molecule has 8 heteroatoms. The second-order valence-electron chi connectivity index (χ2n) is 0.366. The molecule has 0 spiro atoms. The van der Waals surface area contributed by atoms with Gasteiger partial charge in [0.25, 0.3) is 0 Å². The van der Waals surface area contributed by atoms with Crippen LogP contribution < -0.4 is 6.15 Å². The van der Waals surface area contributed by atoms with Crippen LogP contribution in [0.3, 0.4) is 0 Å². The monoisotopic (exact) mass is 587 g/mol. The van der Waals surface area contributed by atoms with Crippen molar-refractivity contribution in [3.05, 3.63) is 0 Å². The average Bonchev–Trinajstić information content (AvgIpc) is 1.33. The maximum Gasteiger partial charge on any atom is 0 e. The van der Waals surface area contributed by atoms with Crippen LogP contribution in [0.5, 0.6) is 0 Å². The normalized spacial score (nSPS) is 3.56. The van der Waals surface area contributed by atoms with Gasteiger partial charge in [0, 0.05) is 29.2 Å². The number of carbonyl (C=O) groups is 1. The minimum absolute atomic E-state index is 0. The van der Waals surface area contributed by atoms with Crippen LogP contribution in [0.25, 0.3) is 0 Å². The third-order valence-electron chi connectivity index (χ3n) is 0. The van der Waals surface area contributed by atoms with Crippen molar-refractivity contribution in [2.45, 2.75) is 0 Å². The van der Waals surface area contributed by atoms with Gasteiger partial charge in [-0.1, -0.05) is 0 Å². The summed E-state index contributed by atoms with van der Waals surface area (Å²) < 4.78 is 17.2. The maximum absolute atomic E-state index is 8.58. The van der Waals surface area contributed by atoms with E-state index in [-0.39, 0.29) is 35.3 Å². The molecule has 0 aliphatic carbocycles. The van der Waals surface area contributed by atoms with Crippen LogP contribution in [0.15, 0.2) is 0 Å².